The van der Waals surface area contributed by atoms with Crippen molar-refractivity contribution in [2.75, 3.05) is 5.32 Å². The maximum Gasteiger partial charge on any atom is 0.224 e. The summed E-state index contributed by atoms with van der Waals surface area (Å²) in [7, 11) is 0. The van der Waals surface area contributed by atoms with E-state index in [4.69, 9.17) is 0 Å². The fourth-order valence-corrected chi connectivity index (χ4v) is 2.56. The fourth-order valence-electron chi connectivity index (χ4n) is 2.56. The number of hydrogen-bond donors (Lipinski definition) is 2. The average molecular weight is 324 g/mol. The van der Waals surface area contributed by atoms with Gasteiger partial charge >= 0.3 is 0 Å². The summed E-state index contributed by atoms with van der Waals surface area (Å²) in [6, 6.07) is 15.6. The highest BCUT2D eigenvalue weighted by atomic mass is 16.2. The van der Waals surface area contributed by atoms with E-state index in [1.165, 1.54) is 12.5 Å². The van der Waals surface area contributed by atoms with Gasteiger partial charge in [0.1, 0.15) is 0 Å². The first kappa shape index (κ1) is 17.7. The first-order chi connectivity index (χ1) is 11.5. The van der Waals surface area contributed by atoms with Crippen molar-refractivity contribution in [2.24, 2.45) is 0 Å². The summed E-state index contributed by atoms with van der Waals surface area (Å²) in [5.74, 6) is -0.112. The summed E-state index contributed by atoms with van der Waals surface area (Å²) in [6.45, 7) is 5.58. The number of amides is 2. The summed E-state index contributed by atoms with van der Waals surface area (Å²) in [5.41, 5.74) is 3.98. The monoisotopic (exact) mass is 324 g/mol. The van der Waals surface area contributed by atoms with E-state index in [1.54, 1.807) is 12.1 Å². The molecule has 4 nitrogen and oxygen atoms in total. The molecular weight excluding hydrogens is 300 g/mol. The Balaban J connectivity index is 1.96. The summed E-state index contributed by atoms with van der Waals surface area (Å²) in [4.78, 5) is 23.3. The van der Waals surface area contributed by atoms with Gasteiger partial charge in [0.05, 0.1) is 12.5 Å². The van der Waals surface area contributed by atoms with Crippen LogP contribution >= 0.6 is 0 Å². The molecule has 1 unspecified atom stereocenters. The third kappa shape index (κ3) is 5.23. The molecule has 0 bridgehead atoms. The normalized spacial score (nSPS) is 11.6. The van der Waals surface area contributed by atoms with Gasteiger partial charge in [-0.2, -0.15) is 0 Å². The van der Waals surface area contributed by atoms with E-state index in [2.05, 4.69) is 41.8 Å². The summed E-state index contributed by atoms with van der Waals surface area (Å²) in [6.07, 6.45) is 1.17. The Labute approximate surface area is 143 Å². The largest absolute Gasteiger partial charge is 0.349 e. The molecule has 0 aromatic heterocycles. The number of benzene rings is 2. The third-order valence-electron chi connectivity index (χ3n) is 3.86. The Morgan fingerprint density at radius 3 is 2.17 bits per heavy atom. The molecule has 126 valence electrons. The second-order valence-electron chi connectivity index (χ2n) is 5.99. The van der Waals surface area contributed by atoms with E-state index >= 15 is 0 Å². The van der Waals surface area contributed by atoms with Crippen LogP contribution in [0.25, 0.3) is 0 Å². The Morgan fingerprint density at radius 2 is 1.62 bits per heavy atom. The lowest BCUT2D eigenvalue weighted by Crippen LogP contribution is -2.29. The topological polar surface area (TPSA) is 58.2 Å². The van der Waals surface area contributed by atoms with Crippen LogP contribution < -0.4 is 10.6 Å². The summed E-state index contributed by atoms with van der Waals surface area (Å²) in [5, 5.41) is 5.80. The summed E-state index contributed by atoms with van der Waals surface area (Å²) >= 11 is 0. The molecule has 0 aliphatic heterocycles. The Hall–Kier alpha value is -2.62. The minimum atomic E-state index is -0.107. The van der Waals surface area contributed by atoms with Gasteiger partial charge in [0.15, 0.2) is 0 Å². The molecule has 0 spiro atoms. The minimum Gasteiger partial charge on any atom is -0.349 e. The first-order valence-electron chi connectivity index (χ1n) is 8.20. The molecule has 0 fully saturated rings. The number of rotatable bonds is 6. The summed E-state index contributed by atoms with van der Waals surface area (Å²) < 4.78 is 0. The van der Waals surface area contributed by atoms with Gasteiger partial charge in [-0.25, -0.2) is 0 Å². The molecule has 4 heteroatoms. The molecule has 0 saturated carbocycles. The van der Waals surface area contributed by atoms with Crippen LogP contribution in [0.1, 0.15) is 43.0 Å². The van der Waals surface area contributed by atoms with E-state index in [-0.39, 0.29) is 17.9 Å². The van der Waals surface area contributed by atoms with E-state index in [9.17, 15) is 9.59 Å². The van der Waals surface area contributed by atoms with Crippen molar-refractivity contribution in [1.82, 2.24) is 5.32 Å². The molecular formula is C20H24N2O2. The van der Waals surface area contributed by atoms with Crippen molar-refractivity contribution in [2.45, 2.75) is 39.7 Å². The molecule has 2 amide bonds. The van der Waals surface area contributed by atoms with Crippen LogP contribution in [0.4, 0.5) is 5.69 Å². The lowest BCUT2D eigenvalue weighted by atomic mass is 10.0. The Morgan fingerprint density at radius 1 is 1.00 bits per heavy atom. The second kappa shape index (κ2) is 8.29. The molecule has 0 aliphatic carbocycles. The van der Waals surface area contributed by atoms with Crippen molar-refractivity contribution < 1.29 is 9.59 Å². The fraction of sp³-hybridized carbons (Fsp3) is 0.300. The van der Waals surface area contributed by atoms with Crippen LogP contribution in [0, 0.1) is 6.92 Å². The van der Waals surface area contributed by atoms with Gasteiger partial charge in [0.2, 0.25) is 11.8 Å². The Bertz CT molecular complexity index is 691. The van der Waals surface area contributed by atoms with Gasteiger partial charge < -0.3 is 10.6 Å². The van der Waals surface area contributed by atoms with Crippen molar-refractivity contribution in [3.05, 3.63) is 65.2 Å². The molecule has 2 rings (SSSR count). The number of anilines is 1. The molecule has 2 aromatic carbocycles. The van der Waals surface area contributed by atoms with Crippen LogP contribution in [0.3, 0.4) is 0 Å². The van der Waals surface area contributed by atoms with E-state index in [0.29, 0.717) is 6.42 Å². The van der Waals surface area contributed by atoms with Crippen LogP contribution in [0.15, 0.2) is 48.5 Å². The molecule has 2 aromatic rings. The van der Waals surface area contributed by atoms with E-state index in [0.717, 1.165) is 23.2 Å². The zero-order valence-corrected chi connectivity index (χ0v) is 14.4. The number of carbonyl (C=O) groups is 2. The van der Waals surface area contributed by atoms with Gasteiger partial charge in [-0.1, -0.05) is 48.9 Å². The number of nitrogens with one attached hydrogen (secondary N) is 2. The highest BCUT2D eigenvalue weighted by Crippen LogP contribution is 2.17. The quantitative estimate of drug-likeness (QED) is 0.850. The molecule has 24 heavy (non-hydrogen) atoms. The first-order valence-corrected chi connectivity index (χ1v) is 8.20. The van der Waals surface area contributed by atoms with E-state index < -0.39 is 0 Å². The average Bonchev–Trinajstić information content (AvgIpc) is 2.55. The highest BCUT2D eigenvalue weighted by molar-refractivity contribution is 5.88. The van der Waals surface area contributed by atoms with Crippen LogP contribution in [-0.4, -0.2) is 11.8 Å². The van der Waals surface area contributed by atoms with Gasteiger partial charge in [0.25, 0.3) is 0 Å². The molecule has 1 atom stereocenters. The van der Waals surface area contributed by atoms with Crippen LogP contribution in [-0.2, 0) is 16.0 Å². The second-order valence-corrected chi connectivity index (χ2v) is 5.99. The van der Waals surface area contributed by atoms with Crippen molar-refractivity contribution in [3.8, 4) is 0 Å². The molecule has 0 saturated heterocycles. The van der Waals surface area contributed by atoms with E-state index in [1.807, 2.05) is 19.1 Å². The van der Waals surface area contributed by atoms with Gasteiger partial charge in [-0.3, -0.25) is 9.59 Å². The van der Waals surface area contributed by atoms with Gasteiger partial charge in [-0.15, -0.1) is 0 Å². The molecule has 0 radical (unpaired) electrons. The number of hydrogen-bond acceptors (Lipinski definition) is 2. The SMILES string of the molecule is CCC(NC(=O)Cc1ccc(NC(C)=O)cc1)c1ccc(C)cc1. The van der Waals surface area contributed by atoms with Crippen molar-refractivity contribution >= 4 is 17.5 Å². The van der Waals surface area contributed by atoms with Crippen LogP contribution in [0.2, 0.25) is 0 Å². The molecule has 2 N–H and O–H groups in total. The predicted molar refractivity (Wildman–Crippen MR) is 96.8 cm³/mol. The number of aryl methyl sites for hydroxylation is 1. The predicted octanol–water partition coefficient (Wildman–Crippen LogP) is 3.76. The zero-order chi connectivity index (χ0) is 17.5. The van der Waals surface area contributed by atoms with Crippen molar-refractivity contribution in [1.29, 1.82) is 0 Å². The standard InChI is InChI=1S/C20H24N2O2/c1-4-19(17-9-5-14(2)6-10-17)22-20(24)13-16-7-11-18(12-8-16)21-15(3)23/h5-12,19H,4,13H2,1-3H3,(H,21,23)(H,22,24). The zero-order valence-electron chi connectivity index (χ0n) is 14.4. The maximum atomic E-state index is 12.3. The lowest BCUT2D eigenvalue weighted by Gasteiger charge is -2.18. The highest BCUT2D eigenvalue weighted by Gasteiger charge is 2.13. The number of carbonyl (C=O) groups excluding carboxylic acids is 2. The lowest BCUT2D eigenvalue weighted by molar-refractivity contribution is -0.121. The van der Waals surface area contributed by atoms with Gasteiger partial charge in [-0.05, 0) is 36.6 Å². The van der Waals surface area contributed by atoms with Gasteiger partial charge in [0, 0.05) is 12.6 Å². The molecule has 0 aliphatic rings. The van der Waals surface area contributed by atoms with Crippen molar-refractivity contribution in [3.63, 3.8) is 0 Å². The minimum absolute atomic E-state index is 0.00491. The maximum absolute atomic E-state index is 12.3. The smallest absolute Gasteiger partial charge is 0.224 e. The van der Waals surface area contributed by atoms with Crippen LogP contribution in [0.5, 0.6) is 0 Å². The molecule has 0 heterocycles. The third-order valence-corrected chi connectivity index (χ3v) is 3.86. The Kier molecular flexibility index (Phi) is 6.13.